The smallest absolute Gasteiger partial charge is 0.330 e. The van der Waals surface area contributed by atoms with Crippen molar-refractivity contribution in [1.29, 1.82) is 0 Å². The third kappa shape index (κ3) is 3.77. The van der Waals surface area contributed by atoms with Gasteiger partial charge in [0, 0.05) is 5.57 Å². The van der Waals surface area contributed by atoms with E-state index in [2.05, 4.69) is 12.2 Å². The summed E-state index contributed by atoms with van der Waals surface area (Å²) in [5.41, 5.74) is 0.486. The Bertz CT molecular complexity index is 251. The zero-order valence-electron chi connectivity index (χ0n) is 8.70. The molecular formula is C12H18O2. The summed E-state index contributed by atoms with van der Waals surface area (Å²) >= 11 is 0. The number of hydrogen-bond acceptors (Lipinski definition) is 1. The van der Waals surface area contributed by atoms with Crippen molar-refractivity contribution in [2.24, 2.45) is 5.92 Å². The van der Waals surface area contributed by atoms with Crippen molar-refractivity contribution in [3.05, 3.63) is 23.8 Å². The average Bonchev–Trinajstić information content (AvgIpc) is 2.08. The Morgan fingerprint density at radius 3 is 2.79 bits per heavy atom. The standard InChI is InChI=1S/C12H18O2/c1-10(12(13)14)9-11-7-5-3-2-4-6-8-11/h2-3,9,11H,4-8H2,1H3,(H,13,14)/b3-2-,10-9+. The van der Waals surface area contributed by atoms with Gasteiger partial charge in [0.1, 0.15) is 0 Å². The second kappa shape index (κ2) is 5.63. The molecule has 78 valence electrons. The van der Waals surface area contributed by atoms with E-state index >= 15 is 0 Å². The predicted molar refractivity (Wildman–Crippen MR) is 57.1 cm³/mol. The fourth-order valence-electron chi connectivity index (χ4n) is 1.78. The molecule has 2 heteroatoms. The Kier molecular flexibility index (Phi) is 4.44. The van der Waals surface area contributed by atoms with Crippen molar-refractivity contribution in [3.63, 3.8) is 0 Å². The molecule has 0 aromatic carbocycles. The van der Waals surface area contributed by atoms with Crippen molar-refractivity contribution in [2.75, 3.05) is 0 Å². The molecule has 2 nitrogen and oxygen atoms in total. The normalized spacial score (nSPS) is 26.4. The van der Waals surface area contributed by atoms with Gasteiger partial charge < -0.3 is 5.11 Å². The van der Waals surface area contributed by atoms with E-state index in [-0.39, 0.29) is 0 Å². The molecule has 0 heterocycles. The maximum Gasteiger partial charge on any atom is 0.330 e. The molecule has 1 unspecified atom stereocenters. The summed E-state index contributed by atoms with van der Waals surface area (Å²) in [6.45, 7) is 1.68. The highest BCUT2D eigenvalue weighted by molar-refractivity contribution is 5.85. The first-order valence-electron chi connectivity index (χ1n) is 5.27. The molecule has 0 saturated carbocycles. The first kappa shape index (κ1) is 11.0. The van der Waals surface area contributed by atoms with Gasteiger partial charge in [-0.05, 0) is 44.9 Å². The molecule has 1 N–H and O–H groups in total. The molecule has 1 atom stereocenters. The second-order valence-corrected chi connectivity index (χ2v) is 3.89. The van der Waals surface area contributed by atoms with E-state index in [0.717, 1.165) is 25.7 Å². The van der Waals surface area contributed by atoms with Gasteiger partial charge in [-0.25, -0.2) is 4.79 Å². The van der Waals surface area contributed by atoms with Crippen LogP contribution in [0.15, 0.2) is 23.8 Å². The molecule has 0 aromatic rings. The minimum atomic E-state index is -0.789. The highest BCUT2D eigenvalue weighted by Crippen LogP contribution is 2.21. The number of allylic oxidation sites excluding steroid dienone is 3. The molecule has 1 aliphatic rings. The van der Waals surface area contributed by atoms with Gasteiger partial charge in [0.25, 0.3) is 0 Å². The van der Waals surface area contributed by atoms with Gasteiger partial charge in [-0.3, -0.25) is 0 Å². The van der Waals surface area contributed by atoms with Crippen molar-refractivity contribution in [2.45, 2.75) is 39.0 Å². The molecule has 14 heavy (non-hydrogen) atoms. The molecule has 0 fully saturated rings. The van der Waals surface area contributed by atoms with Crippen LogP contribution in [0.25, 0.3) is 0 Å². The lowest BCUT2D eigenvalue weighted by molar-refractivity contribution is -0.132. The van der Waals surface area contributed by atoms with E-state index in [9.17, 15) is 4.79 Å². The van der Waals surface area contributed by atoms with Crippen molar-refractivity contribution in [3.8, 4) is 0 Å². The van der Waals surface area contributed by atoms with Crippen LogP contribution in [-0.4, -0.2) is 11.1 Å². The summed E-state index contributed by atoms with van der Waals surface area (Å²) < 4.78 is 0. The second-order valence-electron chi connectivity index (χ2n) is 3.89. The van der Waals surface area contributed by atoms with E-state index in [4.69, 9.17) is 5.11 Å². The summed E-state index contributed by atoms with van der Waals surface area (Å²) in [6, 6.07) is 0. The minimum absolute atomic E-state index is 0.455. The predicted octanol–water partition coefficient (Wildman–Crippen LogP) is 3.15. The molecule has 1 rings (SSSR count). The van der Waals surface area contributed by atoms with E-state index in [1.54, 1.807) is 6.92 Å². The van der Waals surface area contributed by atoms with E-state index < -0.39 is 5.97 Å². The largest absolute Gasteiger partial charge is 0.478 e. The molecule has 0 spiro atoms. The van der Waals surface area contributed by atoms with Crippen LogP contribution >= 0.6 is 0 Å². The first-order chi connectivity index (χ1) is 6.70. The molecule has 0 aromatic heterocycles. The Hall–Kier alpha value is -1.05. The highest BCUT2D eigenvalue weighted by atomic mass is 16.4. The fraction of sp³-hybridized carbons (Fsp3) is 0.583. The molecule has 0 aliphatic heterocycles. The third-order valence-electron chi connectivity index (χ3n) is 2.64. The van der Waals surface area contributed by atoms with Gasteiger partial charge in [-0.2, -0.15) is 0 Å². The van der Waals surface area contributed by atoms with E-state index in [0.29, 0.717) is 11.5 Å². The zero-order valence-corrected chi connectivity index (χ0v) is 8.70. The Balaban J connectivity index is 2.54. The van der Waals surface area contributed by atoms with Crippen LogP contribution in [0, 0.1) is 5.92 Å². The molecule has 0 radical (unpaired) electrons. The molecule has 1 aliphatic carbocycles. The summed E-state index contributed by atoms with van der Waals surface area (Å²) in [4.78, 5) is 10.6. The van der Waals surface area contributed by atoms with E-state index in [1.807, 2.05) is 6.08 Å². The zero-order chi connectivity index (χ0) is 10.4. The lowest BCUT2D eigenvalue weighted by atomic mass is 9.92. The van der Waals surface area contributed by atoms with Crippen molar-refractivity contribution < 1.29 is 9.90 Å². The molecule has 0 bridgehead atoms. The minimum Gasteiger partial charge on any atom is -0.478 e. The fourth-order valence-corrected chi connectivity index (χ4v) is 1.78. The Labute approximate surface area is 85.3 Å². The van der Waals surface area contributed by atoms with E-state index in [1.165, 1.54) is 6.42 Å². The average molecular weight is 194 g/mol. The maximum absolute atomic E-state index is 10.6. The molecule has 0 saturated heterocycles. The SMILES string of the molecule is C/C(=C\C1CC/C=C\CCC1)C(=O)O. The Morgan fingerprint density at radius 1 is 1.36 bits per heavy atom. The van der Waals surface area contributed by atoms with Crippen LogP contribution in [0.4, 0.5) is 0 Å². The van der Waals surface area contributed by atoms with Crippen LogP contribution in [0.1, 0.15) is 39.0 Å². The highest BCUT2D eigenvalue weighted by Gasteiger charge is 2.09. The van der Waals surface area contributed by atoms with Gasteiger partial charge in [0.2, 0.25) is 0 Å². The summed E-state index contributed by atoms with van der Waals surface area (Å²) in [5.74, 6) is -0.335. The van der Waals surface area contributed by atoms with Crippen LogP contribution < -0.4 is 0 Å². The van der Waals surface area contributed by atoms with Crippen LogP contribution in [0.2, 0.25) is 0 Å². The molecule has 0 amide bonds. The van der Waals surface area contributed by atoms with Gasteiger partial charge in [-0.15, -0.1) is 0 Å². The van der Waals surface area contributed by atoms with Crippen LogP contribution in [0.5, 0.6) is 0 Å². The monoisotopic (exact) mass is 194 g/mol. The Morgan fingerprint density at radius 2 is 2.07 bits per heavy atom. The number of hydrogen-bond donors (Lipinski definition) is 1. The number of carboxylic acid groups (broad SMARTS) is 1. The topological polar surface area (TPSA) is 37.3 Å². The first-order valence-corrected chi connectivity index (χ1v) is 5.27. The third-order valence-corrected chi connectivity index (χ3v) is 2.64. The number of aliphatic carboxylic acids is 1. The number of carbonyl (C=O) groups is 1. The summed E-state index contributed by atoms with van der Waals surface area (Å²) in [7, 11) is 0. The number of carboxylic acids is 1. The van der Waals surface area contributed by atoms with Crippen LogP contribution in [-0.2, 0) is 4.79 Å². The van der Waals surface area contributed by atoms with Gasteiger partial charge in [0.05, 0.1) is 0 Å². The lowest BCUT2D eigenvalue weighted by Gasteiger charge is -2.13. The van der Waals surface area contributed by atoms with Gasteiger partial charge in [0.15, 0.2) is 0 Å². The summed E-state index contributed by atoms with van der Waals surface area (Å²) in [6.07, 6.45) is 11.9. The van der Waals surface area contributed by atoms with Crippen molar-refractivity contribution >= 4 is 5.97 Å². The van der Waals surface area contributed by atoms with Crippen LogP contribution in [0.3, 0.4) is 0 Å². The van der Waals surface area contributed by atoms with Gasteiger partial charge >= 0.3 is 5.97 Å². The van der Waals surface area contributed by atoms with Crippen molar-refractivity contribution in [1.82, 2.24) is 0 Å². The maximum atomic E-state index is 10.6. The van der Waals surface area contributed by atoms with Gasteiger partial charge in [-0.1, -0.05) is 18.2 Å². The molecular weight excluding hydrogens is 176 g/mol. The quantitative estimate of drug-likeness (QED) is 0.541. The summed E-state index contributed by atoms with van der Waals surface area (Å²) in [5, 5.41) is 8.76. The number of rotatable bonds is 2. The lowest BCUT2D eigenvalue weighted by Crippen LogP contribution is -2.03.